The predicted molar refractivity (Wildman–Crippen MR) is 103 cm³/mol. The number of nitro groups is 1. The van der Waals surface area contributed by atoms with Crippen molar-refractivity contribution in [2.24, 2.45) is 0 Å². The van der Waals surface area contributed by atoms with Crippen LogP contribution in [0.2, 0.25) is 5.02 Å². The average Bonchev–Trinajstić information content (AvgIpc) is 3.07. The number of hydrogen-bond acceptors (Lipinski definition) is 5. The molecule has 2 aliphatic rings. The molecule has 2 aromatic carbocycles. The maximum atomic E-state index is 13.0. The molecule has 4 rings (SSSR count). The van der Waals surface area contributed by atoms with Gasteiger partial charge in [-0.2, -0.15) is 0 Å². The molecule has 1 fully saturated rings. The van der Waals surface area contributed by atoms with Gasteiger partial charge in [-0.05, 0) is 36.4 Å². The second kappa shape index (κ2) is 8.36. The Morgan fingerprint density at radius 2 is 2.00 bits per heavy atom. The Bertz CT molecular complexity index is 945. The van der Waals surface area contributed by atoms with E-state index < -0.39 is 4.92 Å². The first kappa shape index (κ1) is 19.6. The van der Waals surface area contributed by atoms with Gasteiger partial charge in [0.2, 0.25) is 5.75 Å². The maximum absolute atomic E-state index is 13.0. The molecule has 0 radical (unpaired) electrons. The standard InChI is InChI=1S/C20H18ClFN2O5/c21-13-11-16-19(23-6-9-27-10-7-23)18(29-20(16)17(12-13)24(25)26)5-8-28-15-3-1-14(22)2-4-15/h1-5,11-12,19H,6-10H2/p+1/b18-5+/t19-/m1/s1. The van der Waals surface area contributed by atoms with Crippen LogP contribution in [0.4, 0.5) is 10.1 Å². The van der Waals surface area contributed by atoms with Gasteiger partial charge in [0.15, 0.2) is 11.8 Å². The summed E-state index contributed by atoms with van der Waals surface area (Å²) < 4.78 is 30.1. The normalized spacial score (nSPS) is 20.3. The number of benzene rings is 2. The molecule has 1 saturated heterocycles. The summed E-state index contributed by atoms with van der Waals surface area (Å²) in [5.41, 5.74) is 0.530. The molecule has 1 atom stereocenters. The quantitative estimate of drug-likeness (QED) is 0.593. The van der Waals surface area contributed by atoms with E-state index in [-0.39, 0.29) is 29.9 Å². The van der Waals surface area contributed by atoms with Crippen LogP contribution in [-0.4, -0.2) is 37.8 Å². The third kappa shape index (κ3) is 4.19. The van der Waals surface area contributed by atoms with Gasteiger partial charge in [-0.25, -0.2) is 4.39 Å². The summed E-state index contributed by atoms with van der Waals surface area (Å²) in [5, 5.41) is 11.8. The fraction of sp³-hybridized carbons (Fsp3) is 0.300. The molecule has 0 bridgehead atoms. The number of nitrogens with zero attached hydrogens (tertiary/aromatic N) is 1. The van der Waals surface area contributed by atoms with Crippen molar-refractivity contribution in [3.8, 4) is 11.5 Å². The van der Waals surface area contributed by atoms with E-state index in [1.54, 1.807) is 12.1 Å². The van der Waals surface area contributed by atoms with Crippen molar-refractivity contribution in [3.05, 3.63) is 74.8 Å². The van der Waals surface area contributed by atoms with Crippen LogP contribution in [0.3, 0.4) is 0 Å². The van der Waals surface area contributed by atoms with E-state index in [4.69, 9.17) is 25.8 Å². The Kier molecular flexibility index (Phi) is 5.66. The first-order valence-corrected chi connectivity index (χ1v) is 9.57. The Labute approximate surface area is 171 Å². The van der Waals surface area contributed by atoms with Crippen molar-refractivity contribution in [3.63, 3.8) is 0 Å². The highest BCUT2D eigenvalue weighted by Gasteiger charge is 2.42. The molecule has 0 aromatic heterocycles. The lowest BCUT2D eigenvalue weighted by atomic mass is 10.0. The molecule has 152 valence electrons. The van der Waals surface area contributed by atoms with Gasteiger partial charge < -0.3 is 19.1 Å². The molecule has 0 unspecified atom stereocenters. The zero-order chi connectivity index (χ0) is 20.4. The van der Waals surface area contributed by atoms with Crippen LogP contribution in [0, 0.1) is 15.9 Å². The number of quaternary nitrogens is 1. The summed E-state index contributed by atoms with van der Waals surface area (Å²) in [6.07, 6.45) is 1.76. The van der Waals surface area contributed by atoms with E-state index in [9.17, 15) is 14.5 Å². The van der Waals surface area contributed by atoms with Crippen LogP contribution in [0.15, 0.2) is 48.2 Å². The number of hydrogen-bond donors (Lipinski definition) is 1. The van der Waals surface area contributed by atoms with Gasteiger partial charge in [0.05, 0.1) is 23.7 Å². The van der Waals surface area contributed by atoms with Crippen LogP contribution in [0.25, 0.3) is 0 Å². The number of nitro benzene ring substituents is 1. The van der Waals surface area contributed by atoms with Crippen LogP contribution < -0.4 is 14.4 Å². The molecule has 29 heavy (non-hydrogen) atoms. The summed E-state index contributed by atoms with van der Waals surface area (Å²) >= 11 is 6.15. The van der Waals surface area contributed by atoms with Gasteiger partial charge in [-0.3, -0.25) is 10.1 Å². The van der Waals surface area contributed by atoms with Crippen molar-refractivity contribution >= 4 is 17.3 Å². The Morgan fingerprint density at radius 3 is 2.69 bits per heavy atom. The van der Waals surface area contributed by atoms with Gasteiger partial charge in [0, 0.05) is 11.1 Å². The zero-order valence-electron chi connectivity index (χ0n) is 15.4. The molecule has 9 heteroatoms. The Balaban J connectivity index is 1.63. The van der Waals surface area contributed by atoms with Crippen molar-refractivity contribution in [1.82, 2.24) is 0 Å². The lowest BCUT2D eigenvalue weighted by molar-refractivity contribution is -0.933. The van der Waals surface area contributed by atoms with Gasteiger partial charge in [0.25, 0.3) is 0 Å². The van der Waals surface area contributed by atoms with E-state index in [1.165, 1.54) is 35.2 Å². The summed E-state index contributed by atoms with van der Waals surface area (Å²) in [7, 11) is 0. The first-order valence-electron chi connectivity index (χ1n) is 9.19. The molecular weight excluding hydrogens is 403 g/mol. The fourth-order valence-corrected chi connectivity index (χ4v) is 3.87. The van der Waals surface area contributed by atoms with Crippen molar-refractivity contribution in [2.75, 3.05) is 32.9 Å². The summed E-state index contributed by atoms with van der Waals surface area (Å²) in [6, 6.07) is 8.49. The van der Waals surface area contributed by atoms with E-state index in [0.717, 1.165) is 13.1 Å². The van der Waals surface area contributed by atoms with Gasteiger partial charge >= 0.3 is 5.69 Å². The SMILES string of the molecule is O=[N+]([O-])c1cc(Cl)cc2c1O/C(=C/COc1ccc(F)cc1)[C@@H]2[NH+]1CCOCC1. The molecule has 0 saturated carbocycles. The zero-order valence-corrected chi connectivity index (χ0v) is 16.2. The third-order valence-electron chi connectivity index (χ3n) is 4.97. The fourth-order valence-electron chi connectivity index (χ4n) is 3.64. The smallest absolute Gasteiger partial charge is 0.313 e. The predicted octanol–water partition coefficient (Wildman–Crippen LogP) is 2.70. The summed E-state index contributed by atoms with van der Waals surface area (Å²) in [6.45, 7) is 2.86. The lowest BCUT2D eigenvalue weighted by Crippen LogP contribution is -3.14. The largest absolute Gasteiger partial charge is 0.489 e. The van der Waals surface area contributed by atoms with Crippen LogP contribution in [0.5, 0.6) is 11.5 Å². The van der Waals surface area contributed by atoms with E-state index in [2.05, 4.69) is 0 Å². The lowest BCUT2D eigenvalue weighted by Gasteiger charge is -2.29. The topological polar surface area (TPSA) is 75.3 Å². The molecule has 2 heterocycles. The van der Waals surface area contributed by atoms with Gasteiger partial charge in [-0.1, -0.05) is 11.6 Å². The first-order chi connectivity index (χ1) is 14.0. The number of ether oxygens (including phenoxy) is 3. The molecule has 0 spiro atoms. The molecule has 0 aliphatic carbocycles. The second-order valence-corrected chi connectivity index (χ2v) is 7.21. The van der Waals surface area contributed by atoms with E-state index >= 15 is 0 Å². The Morgan fingerprint density at radius 1 is 1.28 bits per heavy atom. The summed E-state index contributed by atoms with van der Waals surface area (Å²) in [4.78, 5) is 12.2. The molecule has 1 N–H and O–H groups in total. The van der Waals surface area contributed by atoms with E-state index in [1.807, 2.05) is 0 Å². The average molecular weight is 422 g/mol. The summed E-state index contributed by atoms with van der Waals surface area (Å²) in [5.74, 6) is 0.967. The molecule has 2 aromatic rings. The molecule has 7 nitrogen and oxygen atoms in total. The third-order valence-corrected chi connectivity index (χ3v) is 5.18. The highest BCUT2D eigenvalue weighted by molar-refractivity contribution is 6.31. The number of morpholine rings is 1. The van der Waals surface area contributed by atoms with Gasteiger partial charge in [-0.15, -0.1) is 0 Å². The van der Waals surface area contributed by atoms with Gasteiger partial charge in [0.1, 0.15) is 31.3 Å². The maximum Gasteiger partial charge on any atom is 0.313 e. The van der Waals surface area contributed by atoms with E-state index in [0.29, 0.717) is 35.3 Å². The highest BCUT2D eigenvalue weighted by Crippen LogP contribution is 2.45. The minimum Gasteiger partial charge on any atom is -0.489 e. The van der Waals surface area contributed by atoms with Crippen LogP contribution >= 0.6 is 11.6 Å². The molecule has 0 amide bonds. The highest BCUT2D eigenvalue weighted by atomic mass is 35.5. The van der Waals surface area contributed by atoms with Crippen molar-refractivity contribution < 1.29 is 28.4 Å². The molecule has 2 aliphatic heterocycles. The number of nitrogens with one attached hydrogen (secondary N) is 1. The molecular formula is C20H19ClFN2O5+. The number of rotatable bonds is 5. The van der Waals surface area contributed by atoms with Crippen LogP contribution in [-0.2, 0) is 4.74 Å². The minimum absolute atomic E-state index is 0.159. The minimum atomic E-state index is -0.492. The van der Waals surface area contributed by atoms with Crippen molar-refractivity contribution in [1.29, 1.82) is 0 Å². The second-order valence-electron chi connectivity index (χ2n) is 6.78. The monoisotopic (exact) mass is 421 g/mol. The van der Waals surface area contributed by atoms with Crippen LogP contribution in [0.1, 0.15) is 11.6 Å². The Hall–Kier alpha value is -2.68. The number of halogens is 2. The number of fused-ring (bicyclic) bond motifs is 1. The van der Waals surface area contributed by atoms with Crippen molar-refractivity contribution in [2.45, 2.75) is 6.04 Å².